The van der Waals surface area contributed by atoms with Crippen LogP contribution in [0, 0.1) is 0 Å². The van der Waals surface area contributed by atoms with Gasteiger partial charge in [0.15, 0.2) is 0 Å². The van der Waals surface area contributed by atoms with E-state index in [9.17, 15) is 0 Å². The van der Waals surface area contributed by atoms with Crippen LogP contribution in [0.5, 0.6) is 0 Å². The summed E-state index contributed by atoms with van der Waals surface area (Å²) in [6, 6.07) is 0. The number of hydrogen-bond acceptors (Lipinski definition) is 1. The first-order valence-corrected chi connectivity index (χ1v) is 10.0. The summed E-state index contributed by atoms with van der Waals surface area (Å²) < 4.78 is 0. The molecule has 0 bridgehead atoms. The second-order valence-electron chi connectivity index (χ2n) is 5.49. The highest BCUT2D eigenvalue weighted by molar-refractivity contribution is 6.58. The van der Waals surface area contributed by atoms with Crippen molar-refractivity contribution in [2.24, 2.45) is 0 Å². The Morgan fingerprint density at radius 3 is 2.06 bits per heavy atom. The summed E-state index contributed by atoms with van der Waals surface area (Å²) in [5, 5.41) is 4.94. The topological polar surface area (TPSA) is 3.24 Å². The van der Waals surface area contributed by atoms with Crippen molar-refractivity contribution in [3.63, 3.8) is 0 Å². The van der Waals surface area contributed by atoms with Crippen LogP contribution in [0.25, 0.3) is 0 Å². The Hall–Kier alpha value is 0.492. The van der Waals surface area contributed by atoms with Gasteiger partial charge in [-0.15, -0.1) is 0 Å². The first-order valence-electron chi connectivity index (χ1n) is 7.59. The maximum Gasteiger partial charge on any atom is 0.261 e. The predicted molar refractivity (Wildman–Crippen MR) is 75.7 cm³/mol. The standard InChI is InChI=1S/C9H20N.C5H10.Al/c1-4-7-10(8-5-2)9-6-3;1-3-5-4-2;/h1,4-9H2,2-3H3;1-5H2;. The largest absolute Gasteiger partial charge is 0.303 e. The quantitative estimate of drug-likeness (QED) is 0.574. The van der Waals surface area contributed by atoms with Gasteiger partial charge >= 0.3 is 0 Å². The summed E-state index contributed by atoms with van der Waals surface area (Å²) in [4.78, 5) is 2.68. The highest BCUT2D eigenvalue weighted by Crippen LogP contribution is 2.22. The monoisotopic (exact) mass is 239 g/mol. The highest BCUT2D eigenvalue weighted by Gasteiger charge is 2.19. The normalized spacial score (nSPS) is 17.1. The van der Waals surface area contributed by atoms with Crippen LogP contribution in [-0.4, -0.2) is 38.7 Å². The van der Waals surface area contributed by atoms with Crippen LogP contribution in [0.1, 0.15) is 52.4 Å². The third-order valence-electron chi connectivity index (χ3n) is 3.89. The maximum atomic E-state index is 2.68. The summed E-state index contributed by atoms with van der Waals surface area (Å²) in [5.41, 5.74) is 0. The molecule has 1 fully saturated rings. The van der Waals surface area contributed by atoms with Crippen LogP contribution < -0.4 is 0 Å². The lowest BCUT2D eigenvalue weighted by molar-refractivity contribution is 0.275. The summed E-state index contributed by atoms with van der Waals surface area (Å²) in [7, 11) is 0. The Bertz CT molecular complexity index is 149. The van der Waals surface area contributed by atoms with Crippen LogP contribution in [-0.2, 0) is 0 Å². The molecule has 0 amide bonds. The third kappa shape index (κ3) is 6.28. The molecule has 1 heterocycles. The van der Waals surface area contributed by atoms with Gasteiger partial charge in [-0.05, 0) is 32.5 Å². The average molecular weight is 239 g/mol. The SMILES string of the molecule is CCCN(CCC)CC[CH2][Al]1[CH2]CCC[CH2]1. The minimum Gasteiger partial charge on any atom is -0.303 e. The first kappa shape index (κ1) is 14.6. The Kier molecular flexibility index (Phi) is 8.65. The van der Waals surface area contributed by atoms with E-state index < -0.39 is 0 Å². The second kappa shape index (κ2) is 9.52. The van der Waals surface area contributed by atoms with Crippen LogP contribution in [0.15, 0.2) is 0 Å². The van der Waals surface area contributed by atoms with Gasteiger partial charge in [0.25, 0.3) is 14.1 Å². The van der Waals surface area contributed by atoms with Crippen molar-refractivity contribution < 1.29 is 0 Å². The van der Waals surface area contributed by atoms with E-state index in [1.807, 2.05) is 0 Å². The van der Waals surface area contributed by atoms with Gasteiger partial charge in [-0.1, -0.05) is 55.4 Å². The molecule has 0 aromatic rings. The molecule has 1 saturated heterocycles. The van der Waals surface area contributed by atoms with Crippen molar-refractivity contribution in [1.29, 1.82) is 0 Å². The minimum absolute atomic E-state index is 0.252. The zero-order valence-corrected chi connectivity index (χ0v) is 12.7. The van der Waals surface area contributed by atoms with Gasteiger partial charge in [-0.25, -0.2) is 0 Å². The fourth-order valence-electron chi connectivity index (χ4n) is 3.05. The van der Waals surface area contributed by atoms with Crippen LogP contribution in [0.3, 0.4) is 0 Å². The van der Waals surface area contributed by atoms with Gasteiger partial charge in [0.1, 0.15) is 0 Å². The van der Waals surface area contributed by atoms with Crippen molar-refractivity contribution in [3.05, 3.63) is 0 Å². The number of rotatable bonds is 8. The first-order chi connectivity index (χ1) is 7.86. The maximum absolute atomic E-state index is 2.68. The molecule has 1 rings (SSSR count). The van der Waals surface area contributed by atoms with E-state index in [2.05, 4.69) is 18.7 Å². The smallest absolute Gasteiger partial charge is 0.261 e. The Morgan fingerprint density at radius 1 is 0.875 bits per heavy atom. The molecule has 94 valence electrons. The molecular formula is C14H30AlN. The van der Waals surface area contributed by atoms with E-state index in [1.165, 1.54) is 45.3 Å². The Balaban J connectivity index is 2.06. The van der Waals surface area contributed by atoms with Crippen LogP contribution >= 0.6 is 0 Å². The van der Waals surface area contributed by atoms with E-state index >= 15 is 0 Å². The molecule has 1 aliphatic rings. The minimum atomic E-state index is -0.252. The van der Waals surface area contributed by atoms with Crippen LogP contribution in [0.4, 0.5) is 0 Å². The summed E-state index contributed by atoms with van der Waals surface area (Å²) in [5.74, 6) is 0. The molecule has 1 aliphatic heterocycles. The third-order valence-corrected chi connectivity index (χ3v) is 7.57. The second-order valence-corrected chi connectivity index (χ2v) is 8.95. The molecule has 0 spiro atoms. The lowest BCUT2D eigenvalue weighted by atomic mass is 10.3. The number of hydrogen-bond donors (Lipinski definition) is 0. The molecule has 16 heavy (non-hydrogen) atoms. The van der Waals surface area contributed by atoms with Crippen molar-refractivity contribution >= 4 is 14.1 Å². The lowest BCUT2D eigenvalue weighted by Gasteiger charge is -2.22. The van der Waals surface area contributed by atoms with Crippen molar-refractivity contribution in [2.45, 2.75) is 68.2 Å². The fourth-order valence-corrected chi connectivity index (χ4v) is 6.41. The summed E-state index contributed by atoms with van der Waals surface area (Å²) in [6.07, 6.45) is 8.79. The Morgan fingerprint density at radius 2 is 1.50 bits per heavy atom. The molecule has 1 nitrogen and oxygen atoms in total. The molecule has 0 N–H and O–H groups in total. The molecule has 0 aliphatic carbocycles. The van der Waals surface area contributed by atoms with Crippen molar-refractivity contribution in [2.75, 3.05) is 19.6 Å². The van der Waals surface area contributed by atoms with Crippen molar-refractivity contribution in [3.8, 4) is 0 Å². The van der Waals surface area contributed by atoms with Gasteiger partial charge in [0.2, 0.25) is 0 Å². The van der Waals surface area contributed by atoms with E-state index in [-0.39, 0.29) is 14.1 Å². The number of nitrogens with zero attached hydrogens (tertiary/aromatic N) is 1. The lowest BCUT2D eigenvalue weighted by Crippen LogP contribution is -2.27. The van der Waals surface area contributed by atoms with E-state index in [0.29, 0.717) is 0 Å². The average Bonchev–Trinajstić information content (AvgIpc) is 2.31. The van der Waals surface area contributed by atoms with Gasteiger partial charge in [0.05, 0.1) is 0 Å². The molecule has 0 atom stereocenters. The van der Waals surface area contributed by atoms with E-state index in [0.717, 1.165) is 0 Å². The fraction of sp³-hybridized carbons (Fsp3) is 1.00. The van der Waals surface area contributed by atoms with Gasteiger partial charge in [0, 0.05) is 0 Å². The zero-order valence-electron chi connectivity index (χ0n) is 11.5. The summed E-state index contributed by atoms with van der Waals surface area (Å²) in [6.45, 7) is 8.63. The summed E-state index contributed by atoms with van der Waals surface area (Å²) >= 11 is -0.252. The van der Waals surface area contributed by atoms with Gasteiger partial charge < -0.3 is 4.90 Å². The molecular weight excluding hydrogens is 209 g/mol. The zero-order chi connectivity index (χ0) is 11.6. The van der Waals surface area contributed by atoms with Gasteiger partial charge in [-0.3, -0.25) is 0 Å². The van der Waals surface area contributed by atoms with E-state index in [1.54, 1.807) is 28.7 Å². The van der Waals surface area contributed by atoms with E-state index in [4.69, 9.17) is 0 Å². The molecule has 0 aromatic carbocycles. The predicted octanol–water partition coefficient (Wildman–Crippen LogP) is 4.18. The molecule has 0 saturated carbocycles. The molecule has 2 heteroatoms. The van der Waals surface area contributed by atoms with Crippen molar-refractivity contribution in [1.82, 2.24) is 4.90 Å². The molecule has 0 unspecified atom stereocenters. The Labute approximate surface area is 107 Å². The molecule has 0 radical (unpaired) electrons. The van der Waals surface area contributed by atoms with Crippen LogP contribution in [0.2, 0.25) is 15.8 Å². The van der Waals surface area contributed by atoms with Gasteiger partial charge in [-0.2, -0.15) is 0 Å². The molecule has 0 aromatic heterocycles. The highest BCUT2D eigenvalue weighted by atomic mass is 27.2.